The Morgan fingerprint density at radius 2 is 1.81 bits per heavy atom. The average molecular weight is 459 g/mol. The van der Waals surface area contributed by atoms with Crippen LogP contribution < -0.4 is 14.8 Å². The minimum Gasteiger partial charge on any atom is -0.497 e. The number of carbonyl (C=O) groups excluding carboxylic acids is 1. The van der Waals surface area contributed by atoms with Crippen LogP contribution in [-0.4, -0.2) is 44.6 Å². The molecule has 0 aliphatic rings. The van der Waals surface area contributed by atoms with Gasteiger partial charge in [-0.2, -0.15) is 0 Å². The molecule has 1 aromatic heterocycles. The lowest BCUT2D eigenvalue weighted by Gasteiger charge is -2.21. The van der Waals surface area contributed by atoms with Crippen molar-refractivity contribution in [1.82, 2.24) is 14.7 Å². The summed E-state index contributed by atoms with van der Waals surface area (Å²) in [6.07, 6.45) is 0. The molecule has 1 atom stereocenters. The fourth-order valence-corrected chi connectivity index (χ4v) is 4.11. The first kappa shape index (κ1) is 23.4. The van der Waals surface area contributed by atoms with Gasteiger partial charge in [0.25, 0.3) is 0 Å². The van der Waals surface area contributed by atoms with E-state index in [2.05, 4.69) is 20.0 Å². The first-order chi connectivity index (χ1) is 15.2. The summed E-state index contributed by atoms with van der Waals surface area (Å²) in [5.74, 6) is 0.637. The van der Waals surface area contributed by atoms with Crippen LogP contribution in [0.2, 0.25) is 0 Å². The lowest BCUT2D eigenvalue weighted by atomic mass is 10.0. The first-order valence-corrected chi connectivity index (χ1v) is 11.5. The molecule has 0 radical (unpaired) electrons. The van der Waals surface area contributed by atoms with Crippen LogP contribution in [0.15, 0.2) is 53.4 Å². The summed E-state index contributed by atoms with van der Waals surface area (Å²) in [5.41, 5.74) is 0.618. The molecule has 0 fully saturated rings. The molecule has 32 heavy (non-hydrogen) atoms. The Kier molecular flexibility index (Phi) is 7.26. The molecule has 0 unspecified atom stereocenters. The lowest BCUT2D eigenvalue weighted by Crippen LogP contribution is -2.36. The number of nitrogens with one attached hydrogen (secondary N) is 2. The molecular weight excluding hydrogens is 432 g/mol. The van der Waals surface area contributed by atoms with Crippen LogP contribution in [0.25, 0.3) is 10.9 Å². The predicted octanol–water partition coefficient (Wildman–Crippen LogP) is 2.73. The van der Waals surface area contributed by atoms with Crippen molar-refractivity contribution in [3.05, 3.63) is 54.4 Å². The van der Waals surface area contributed by atoms with Gasteiger partial charge in [-0.1, -0.05) is 32.0 Å². The summed E-state index contributed by atoms with van der Waals surface area (Å²) < 4.78 is 38.0. The van der Waals surface area contributed by atoms with Crippen molar-refractivity contribution in [1.29, 1.82) is 0 Å². The van der Waals surface area contributed by atoms with E-state index >= 15 is 0 Å². The van der Waals surface area contributed by atoms with E-state index in [-0.39, 0.29) is 23.2 Å². The van der Waals surface area contributed by atoms with E-state index in [9.17, 15) is 13.2 Å². The Hall–Kier alpha value is -3.24. The zero-order valence-corrected chi connectivity index (χ0v) is 19.1. The normalized spacial score (nSPS) is 12.5. The van der Waals surface area contributed by atoms with Crippen molar-refractivity contribution >= 4 is 32.7 Å². The molecule has 3 aromatic rings. The quantitative estimate of drug-likeness (QED) is 0.470. The number of benzene rings is 2. The van der Waals surface area contributed by atoms with Gasteiger partial charge in [-0.05, 0) is 30.2 Å². The van der Waals surface area contributed by atoms with Gasteiger partial charge in [-0.25, -0.2) is 27.9 Å². The van der Waals surface area contributed by atoms with E-state index in [0.29, 0.717) is 22.5 Å². The third-order valence-corrected chi connectivity index (χ3v) is 6.23. The number of carbonyl (C=O) groups is 1. The van der Waals surface area contributed by atoms with Crippen LogP contribution in [-0.2, 0) is 26.1 Å². The molecule has 3 rings (SSSR count). The molecular formula is C22H26N4O5S. The second kappa shape index (κ2) is 9.92. The number of hydrogen-bond donors (Lipinski definition) is 2. The predicted molar refractivity (Wildman–Crippen MR) is 121 cm³/mol. The SMILES string of the molecule is COC(=O)[C@@H](Nc1nc(CNS(=O)(=O)c2cccc(OC)c2)nc2ccccc12)C(C)C. The molecule has 2 aromatic carbocycles. The molecule has 0 aliphatic carbocycles. The molecule has 0 saturated carbocycles. The Bertz CT molecular complexity index is 1210. The van der Waals surface area contributed by atoms with E-state index in [4.69, 9.17) is 9.47 Å². The number of esters is 1. The van der Waals surface area contributed by atoms with Crippen molar-refractivity contribution in [2.24, 2.45) is 5.92 Å². The molecule has 0 aliphatic heterocycles. The van der Waals surface area contributed by atoms with Gasteiger partial charge in [0, 0.05) is 11.5 Å². The number of para-hydroxylation sites is 1. The van der Waals surface area contributed by atoms with Gasteiger partial charge in [-0.15, -0.1) is 0 Å². The smallest absolute Gasteiger partial charge is 0.328 e. The summed E-state index contributed by atoms with van der Waals surface area (Å²) in [6.45, 7) is 3.64. The highest BCUT2D eigenvalue weighted by molar-refractivity contribution is 7.89. The van der Waals surface area contributed by atoms with Gasteiger partial charge >= 0.3 is 5.97 Å². The second-order valence-electron chi connectivity index (χ2n) is 7.40. The fraction of sp³-hybridized carbons (Fsp3) is 0.318. The van der Waals surface area contributed by atoms with Gasteiger partial charge in [0.1, 0.15) is 23.4 Å². The van der Waals surface area contributed by atoms with Gasteiger partial charge in [0.15, 0.2) is 0 Å². The second-order valence-corrected chi connectivity index (χ2v) is 9.17. The fourth-order valence-electron chi connectivity index (χ4n) is 3.10. The Morgan fingerprint density at radius 3 is 2.50 bits per heavy atom. The van der Waals surface area contributed by atoms with Crippen LogP contribution in [0.5, 0.6) is 5.75 Å². The molecule has 0 saturated heterocycles. The molecule has 0 bridgehead atoms. The van der Waals surface area contributed by atoms with Gasteiger partial charge in [0.05, 0.1) is 31.2 Å². The van der Waals surface area contributed by atoms with Crippen molar-refractivity contribution in [2.75, 3.05) is 19.5 Å². The Morgan fingerprint density at radius 1 is 1.06 bits per heavy atom. The van der Waals surface area contributed by atoms with Crippen LogP contribution in [0.4, 0.5) is 5.82 Å². The zero-order chi connectivity index (χ0) is 23.3. The molecule has 0 spiro atoms. The van der Waals surface area contributed by atoms with Gasteiger partial charge in [0.2, 0.25) is 10.0 Å². The monoisotopic (exact) mass is 458 g/mol. The topological polar surface area (TPSA) is 120 Å². The Labute approximate surface area is 187 Å². The summed E-state index contributed by atoms with van der Waals surface area (Å²) >= 11 is 0. The molecule has 2 N–H and O–H groups in total. The van der Waals surface area contributed by atoms with E-state index in [1.54, 1.807) is 18.2 Å². The largest absolute Gasteiger partial charge is 0.497 e. The number of sulfonamides is 1. The van der Waals surface area contributed by atoms with E-state index in [0.717, 1.165) is 0 Å². The lowest BCUT2D eigenvalue weighted by molar-refractivity contribution is -0.142. The third-order valence-electron chi connectivity index (χ3n) is 4.84. The number of hydrogen-bond acceptors (Lipinski definition) is 8. The summed E-state index contributed by atoms with van der Waals surface area (Å²) in [6, 6.07) is 12.8. The van der Waals surface area contributed by atoms with Crippen molar-refractivity contribution in [3.63, 3.8) is 0 Å². The molecule has 9 nitrogen and oxygen atoms in total. The molecule has 10 heteroatoms. The Balaban J connectivity index is 1.91. The van der Waals surface area contributed by atoms with Gasteiger partial charge < -0.3 is 14.8 Å². The maximum Gasteiger partial charge on any atom is 0.328 e. The number of methoxy groups -OCH3 is 2. The van der Waals surface area contributed by atoms with E-state index in [1.807, 2.05) is 32.0 Å². The maximum atomic E-state index is 12.7. The molecule has 170 valence electrons. The van der Waals surface area contributed by atoms with Crippen LogP contribution >= 0.6 is 0 Å². The highest BCUT2D eigenvalue weighted by Crippen LogP contribution is 2.23. The number of aromatic nitrogens is 2. The minimum absolute atomic E-state index is 0.0637. The number of fused-ring (bicyclic) bond motifs is 1. The summed E-state index contributed by atoms with van der Waals surface area (Å²) in [4.78, 5) is 21.2. The molecule has 1 heterocycles. The number of nitrogens with zero attached hydrogens (tertiary/aromatic N) is 2. The number of ether oxygens (including phenoxy) is 2. The first-order valence-electron chi connectivity index (χ1n) is 9.99. The van der Waals surface area contributed by atoms with Crippen LogP contribution in [0.1, 0.15) is 19.7 Å². The molecule has 0 amide bonds. The average Bonchev–Trinajstić information content (AvgIpc) is 2.80. The maximum absolute atomic E-state index is 12.7. The highest BCUT2D eigenvalue weighted by Gasteiger charge is 2.24. The zero-order valence-electron chi connectivity index (χ0n) is 18.3. The van der Waals surface area contributed by atoms with Gasteiger partial charge in [-0.3, -0.25) is 0 Å². The number of anilines is 1. The van der Waals surface area contributed by atoms with E-state index < -0.39 is 22.0 Å². The minimum atomic E-state index is -3.82. The van der Waals surface area contributed by atoms with Crippen molar-refractivity contribution in [2.45, 2.75) is 31.3 Å². The van der Waals surface area contributed by atoms with Crippen LogP contribution in [0.3, 0.4) is 0 Å². The summed E-state index contributed by atoms with van der Waals surface area (Å²) in [5, 5.41) is 3.85. The van der Waals surface area contributed by atoms with E-state index in [1.165, 1.54) is 26.4 Å². The van der Waals surface area contributed by atoms with Crippen LogP contribution in [0, 0.1) is 5.92 Å². The van der Waals surface area contributed by atoms with Crippen molar-refractivity contribution in [3.8, 4) is 5.75 Å². The highest BCUT2D eigenvalue weighted by atomic mass is 32.2. The standard InChI is InChI=1S/C22H26N4O5S/c1-14(2)20(22(27)31-4)26-21-17-10-5-6-11-18(17)24-19(25-21)13-23-32(28,29)16-9-7-8-15(12-16)30-3/h5-12,14,20,23H,13H2,1-4H3,(H,24,25,26)/t20-/m0/s1. The third kappa shape index (κ3) is 5.32. The summed E-state index contributed by atoms with van der Waals surface area (Å²) in [7, 11) is -1.02. The van der Waals surface area contributed by atoms with Crippen molar-refractivity contribution < 1.29 is 22.7 Å². The number of rotatable bonds is 9.